The van der Waals surface area contributed by atoms with Crippen molar-refractivity contribution in [3.8, 4) is 0 Å². The fraction of sp³-hybridized carbons (Fsp3) is 0.364. The first kappa shape index (κ1) is 11.9. The maximum Gasteiger partial charge on any atom is 0.186 e. The molecular weight excluding hydrogens is 236 g/mol. The molecule has 0 radical (unpaired) electrons. The molecule has 0 bridgehead atoms. The monoisotopic (exact) mass is 250 g/mol. The Morgan fingerprint density at radius 3 is 2.94 bits per heavy atom. The Morgan fingerprint density at radius 2 is 2.41 bits per heavy atom. The highest BCUT2D eigenvalue weighted by molar-refractivity contribution is 7.09. The molecule has 0 aliphatic rings. The van der Waals surface area contributed by atoms with Crippen molar-refractivity contribution in [2.45, 2.75) is 19.4 Å². The molecule has 0 aliphatic carbocycles. The van der Waals surface area contributed by atoms with Crippen molar-refractivity contribution in [1.82, 2.24) is 14.8 Å². The zero-order chi connectivity index (χ0) is 12.4. The minimum Gasteiger partial charge on any atom is -0.322 e. The summed E-state index contributed by atoms with van der Waals surface area (Å²) >= 11 is 1.42. The van der Waals surface area contributed by atoms with Gasteiger partial charge in [0.25, 0.3) is 0 Å². The Balaban J connectivity index is 2.09. The summed E-state index contributed by atoms with van der Waals surface area (Å²) < 4.78 is 1.68. The number of Topliss-reactive ketones (excluding diaryl/α,β-unsaturated/α-hetero) is 1. The van der Waals surface area contributed by atoms with Crippen LogP contribution in [-0.2, 0) is 13.5 Å². The van der Waals surface area contributed by atoms with E-state index in [0.717, 1.165) is 10.6 Å². The predicted molar refractivity (Wildman–Crippen MR) is 66.0 cm³/mol. The molecule has 6 heteroatoms. The van der Waals surface area contributed by atoms with Crippen LogP contribution in [0.4, 0.5) is 0 Å². The van der Waals surface area contributed by atoms with Gasteiger partial charge < -0.3 is 5.73 Å². The summed E-state index contributed by atoms with van der Waals surface area (Å²) in [4.78, 5) is 16.2. The van der Waals surface area contributed by atoms with E-state index < -0.39 is 0 Å². The molecular formula is C11H14N4OS. The number of hydrogen-bond acceptors (Lipinski definition) is 5. The van der Waals surface area contributed by atoms with Gasteiger partial charge in [-0.3, -0.25) is 9.48 Å². The highest BCUT2D eigenvalue weighted by Gasteiger charge is 2.13. The van der Waals surface area contributed by atoms with E-state index in [2.05, 4.69) is 10.1 Å². The van der Waals surface area contributed by atoms with E-state index in [-0.39, 0.29) is 11.8 Å². The highest BCUT2D eigenvalue weighted by Crippen LogP contribution is 2.17. The number of rotatable bonds is 4. The molecule has 0 aliphatic heterocycles. The smallest absolute Gasteiger partial charge is 0.186 e. The van der Waals surface area contributed by atoms with Crippen LogP contribution in [0.1, 0.15) is 34.0 Å². The second-order valence-corrected chi connectivity index (χ2v) is 4.87. The first-order valence-corrected chi connectivity index (χ1v) is 6.16. The quantitative estimate of drug-likeness (QED) is 0.831. The first-order valence-electron chi connectivity index (χ1n) is 5.28. The first-order chi connectivity index (χ1) is 8.06. The van der Waals surface area contributed by atoms with Crippen LogP contribution in [0, 0.1) is 0 Å². The molecule has 2 aromatic rings. The maximum absolute atomic E-state index is 11.9. The molecule has 0 amide bonds. The molecule has 1 unspecified atom stereocenters. The minimum absolute atomic E-state index is 0.00106. The largest absolute Gasteiger partial charge is 0.322 e. The Morgan fingerprint density at radius 1 is 1.65 bits per heavy atom. The number of carbonyl (C=O) groups excluding carboxylic acids is 1. The summed E-state index contributed by atoms with van der Waals surface area (Å²) in [6.07, 6.45) is 3.85. The lowest BCUT2D eigenvalue weighted by molar-refractivity contribution is 0.0988. The number of thiazole rings is 1. The third-order valence-corrected chi connectivity index (χ3v) is 3.37. The molecule has 17 heavy (non-hydrogen) atoms. The average molecular weight is 250 g/mol. The van der Waals surface area contributed by atoms with E-state index in [4.69, 9.17) is 5.73 Å². The molecule has 90 valence electrons. The van der Waals surface area contributed by atoms with E-state index in [9.17, 15) is 4.79 Å². The van der Waals surface area contributed by atoms with Crippen LogP contribution in [-0.4, -0.2) is 20.5 Å². The third kappa shape index (κ3) is 2.78. The van der Waals surface area contributed by atoms with Crippen molar-refractivity contribution in [2.24, 2.45) is 12.8 Å². The summed E-state index contributed by atoms with van der Waals surface area (Å²) in [7, 11) is 1.82. The average Bonchev–Trinajstić information content (AvgIpc) is 2.86. The van der Waals surface area contributed by atoms with Gasteiger partial charge in [0.15, 0.2) is 5.78 Å². The number of carbonyl (C=O) groups is 1. The van der Waals surface area contributed by atoms with Gasteiger partial charge in [-0.05, 0) is 12.5 Å². The lowest BCUT2D eigenvalue weighted by atomic mass is 10.1. The Kier molecular flexibility index (Phi) is 3.35. The fourth-order valence-corrected chi connectivity index (χ4v) is 2.25. The van der Waals surface area contributed by atoms with E-state index >= 15 is 0 Å². The van der Waals surface area contributed by atoms with Gasteiger partial charge in [0, 0.05) is 25.0 Å². The fourth-order valence-electron chi connectivity index (χ4n) is 1.46. The molecule has 1 atom stereocenters. The lowest BCUT2D eigenvalue weighted by Crippen LogP contribution is -2.07. The van der Waals surface area contributed by atoms with Crippen LogP contribution < -0.4 is 5.73 Å². The van der Waals surface area contributed by atoms with Crippen LogP contribution in [0.5, 0.6) is 0 Å². The van der Waals surface area contributed by atoms with Crippen LogP contribution in [0.15, 0.2) is 17.8 Å². The number of aromatic nitrogens is 3. The van der Waals surface area contributed by atoms with Crippen molar-refractivity contribution in [1.29, 1.82) is 0 Å². The van der Waals surface area contributed by atoms with Gasteiger partial charge in [-0.2, -0.15) is 5.10 Å². The van der Waals surface area contributed by atoms with Crippen LogP contribution in [0.2, 0.25) is 0 Å². The van der Waals surface area contributed by atoms with Gasteiger partial charge in [0.05, 0.1) is 12.2 Å². The zero-order valence-corrected chi connectivity index (χ0v) is 10.6. The third-order valence-electron chi connectivity index (χ3n) is 2.32. The second kappa shape index (κ2) is 4.77. The molecule has 0 saturated carbocycles. The van der Waals surface area contributed by atoms with Gasteiger partial charge in [-0.1, -0.05) is 0 Å². The van der Waals surface area contributed by atoms with Crippen LogP contribution >= 0.6 is 11.3 Å². The normalized spacial score (nSPS) is 12.6. The van der Waals surface area contributed by atoms with Crippen molar-refractivity contribution in [2.75, 3.05) is 0 Å². The van der Waals surface area contributed by atoms with Gasteiger partial charge in [0.2, 0.25) is 0 Å². The van der Waals surface area contributed by atoms with Crippen molar-refractivity contribution >= 4 is 17.1 Å². The van der Waals surface area contributed by atoms with Crippen LogP contribution in [0.3, 0.4) is 0 Å². The van der Waals surface area contributed by atoms with Crippen LogP contribution in [0.25, 0.3) is 0 Å². The molecule has 5 nitrogen and oxygen atoms in total. The lowest BCUT2D eigenvalue weighted by Gasteiger charge is -1.97. The number of nitrogens with zero attached hydrogens (tertiary/aromatic N) is 3. The molecule has 0 saturated heterocycles. The Hall–Kier alpha value is -1.53. The number of ketones is 1. The standard InChI is InChI=1S/C11H14N4OS/c1-7(12)11-14-9(6-17-11)10(16)3-8-4-13-15(2)5-8/h4-7H,3,12H2,1-2H3. The van der Waals surface area contributed by atoms with E-state index in [1.807, 2.05) is 20.2 Å². The van der Waals surface area contributed by atoms with Crippen molar-refractivity contribution in [3.05, 3.63) is 34.0 Å². The Bertz CT molecular complexity index is 529. The minimum atomic E-state index is -0.125. The predicted octanol–water partition coefficient (Wildman–Crippen LogP) is 1.32. The SMILES string of the molecule is CC(N)c1nc(C(=O)Cc2cnn(C)c2)cs1. The van der Waals surface area contributed by atoms with E-state index in [0.29, 0.717) is 12.1 Å². The van der Waals surface area contributed by atoms with Gasteiger partial charge in [-0.15, -0.1) is 11.3 Å². The zero-order valence-electron chi connectivity index (χ0n) is 9.75. The summed E-state index contributed by atoms with van der Waals surface area (Å²) in [5, 5.41) is 6.58. The molecule has 0 aromatic carbocycles. The number of hydrogen-bond donors (Lipinski definition) is 1. The summed E-state index contributed by atoms with van der Waals surface area (Å²) in [5.41, 5.74) is 7.09. The molecule has 2 N–H and O–H groups in total. The number of aryl methyl sites for hydroxylation is 1. The van der Waals surface area contributed by atoms with E-state index in [1.165, 1.54) is 11.3 Å². The summed E-state index contributed by atoms with van der Waals surface area (Å²) in [6, 6.07) is -0.125. The van der Waals surface area contributed by atoms with Crippen molar-refractivity contribution in [3.63, 3.8) is 0 Å². The highest BCUT2D eigenvalue weighted by atomic mass is 32.1. The number of nitrogens with two attached hydrogens (primary N) is 1. The van der Waals surface area contributed by atoms with E-state index in [1.54, 1.807) is 16.3 Å². The molecule has 2 rings (SSSR count). The van der Waals surface area contributed by atoms with Crippen molar-refractivity contribution < 1.29 is 4.79 Å². The summed E-state index contributed by atoms with van der Waals surface area (Å²) in [6.45, 7) is 1.86. The maximum atomic E-state index is 11.9. The summed E-state index contributed by atoms with van der Waals surface area (Å²) in [5.74, 6) is 0.00106. The topological polar surface area (TPSA) is 73.8 Å². The second-order valence-electron chi connectivity index (χ2n) is 3.98. The molecule has 0 spiro atoms. The molecule has 0 fully saturated rings. The molecule has 2 aromatic heterocycles. The molecule has 2 heterocycles. The van der Waals surface area contributed by atoms with Gasteiger partial charge >= 0.3 is 0 Å². The van der Waals surface area contributed by atoms with Gasteiger partial charge in [0.1, 0.15) is 10.7 Å². The Labute approximate surface area is 103 Å². The van der Waals surface area contributed by atoms with Gasteiger partial charge in [-0.25, -0.2) is 4.98 Å².